The molecule has 0 amide bonds. The SMILES string of the molecule is O=C(O)CCNCc1cnc2c(c1)CCC/C2=N\OCc1ccc(C2CCCCC2)c(C(F)(F)F)c1. The lowest BCUT2D eigenvalue weighted by Gasteiger charge is -2.25. The zero-order valence-corrected chi connectivity index (χ0v) is 20.2. The van der Waals surface area contributed by atoms with E-state index in [-0.39, 0.29) is 18.9 Å². The van der Waals surface area contributed by atoms with Gasteiger partial charge in [-0.25, -0.2) is 0 Å². The molecule has 1 heterocycles. The van der Waals surface area contributed by atoms with Crippen molar-refractivity contribution in [1.82, 2.24) is 10.3 Å². The maximum Gasteiger partial charge on any atom is 0.416 e. The van der Waals surface area contributed by atoms with Gasteiger partial charge in [0.25, 0.3) is 0 Å². The Morgan fingerprint density at radius 2 is 1.92 bits per heavy atom. The first-order valence-corrected chi connectivity index (χ1v) is 12.6. The third-order valence-electron chi connectivity index (χ3n) is 6.88. The van der Waals surface area contributed by atoms with Crippen LogP contribution in [0.15, 0.2) is 35.6 Å². The van der Waals surface area contributed by atoms with E-state index in [4.69, 9.17) is 9.94 Å². The van der Waals surface area contributed by atoms with Crippen LogP contribution in [0.1, 0.15) is 90.8 Å². The average molecular weight is 504 g/mol. The molecule has 36 heavy (non-hydrogen) atoms. The van der Waals surface area contributed by atoms with Gasteiger partial charge in [-0.2, -0.15) is 13.2 Å². The van der Waals surface area contributed by atoms with Gasteiger partial charge in [0.15, 0.2) is 0 Å². The molecule has 2 aromatic rings. The fourth-order valence-electron chi connectivity index (χ4n) is 5.08. The number of hydrogen-bond acceptors (Lipinski definition) is 5. The monoisotopic (exact) mass is 503 g/mol. The Kier molecular flexibility index (Phi) is 8.61. The first-order chi connectivity index (χ1) is 17.3. The molecule has 0 atom stereocenters. The van der Waals surface area contributed by atoms with Gasteiger partial charge in [0.05, 0.1) is 17.7 Å². The third kappa shape index (κ3) is 6.84. The predicted molar refractivity (Wildman–Crippen MR) is 130 cm³/mol. The van der Waals surface area contributed by atoms with Gasteiger partial charge in [-0.15, -0.1) is 0 Å². The maximum atomic E-state index is 13.8. The number of oxime groups is 1. The topological polar surface area (TPSA) is 83.8 Å². The Balaban J connectivity index is 1.41. The molecule has 0 spiro atoms. The second-order valence-corrected chi connectivity index (χ2v) is 9.59. The number of fused-ring (bicyclic) bond motifs is 1. The highest BCUT2D eigenvalue weighted by Gasteiger charge is 2.35. The quantitative estimate of drug-likeness (QED) is 0.325. The van der Waals surface area contributed by atoms with Crippen LogP contribution in [-0.4, -0.2) is 28.3 Å². The number of benzene rings is 1. The van der Waals surface area contributed by atoms with Crippen LogP contribution in [0.5, 0.6) is 0 Å². The average Bonchev–Trinajstić information content (AvgIpc) is 2.86. The molecule has 9 heteroatoms. The van der Waals surface area contributed by atoms with E-state index in [1.54, 1.807) is 18.3 Å². The van der Waals surface area contributed by atoms with Crippen LogP contribution in [0.3, 0.4) is 0 Å². The minimum atomic E-state index is -4.40. The molecule has 0 unspecified atom stereocenters. The second kappa shape index (κ2) is 11.9. The molecule has 0 saturated heterocycles. The second-order valence-electron chi connectivity index (χ2n) is 9.59. The summed E-state index contributed by atoms with van der Waals surface area (Å²) in [6, 6.07) is 6.58. The fourth-order valence-corrected chi connectivity index (χ4v) is 5.08. The summed E-state index contributed by atoms with van der Waals surface area (Å²) in [7, 11) is 0. The Morgan fingerprint density at radius 3 is 2.67 bits per heavy atom. The summed E-state index contributed by atoms with van der Waals surface area (Å²) in [5, 5.41) is 16.1. The van der Waals surface area contributed by atoms with Crippen molar-refractivity contribution in [2.75, 3.05) is 6.54 Å². The first kappa shape index (κ1) is 26.1. The van der Waals surface area contributed by atoms with Crippen LogP contribution in [0, 0.1) is 0 Å². The standard InChI is InChI=1S/C27H32F3N3O3/c28-27(29,30)23-14-18(9-10-22(23)20-5-2-1-3-6-20)17-36-33-24-8-4-7-21-13-19(16-32-26(21)24)15-31-12-11-25(34)35/h9-10,13-14,16,20,31H,1-8,11-12,15,17H2,(H,34,35)/b33-24+. The van der Waals surface area contributed by atoms with E-state index < -0.39 is 17.7 Å². The van der Waals surface area contributed by atoms with E-state index >= 15 is 0 Å². The third-order valence-corrected chi connectivity index (χ3v) is 6.88. The number of aliphatic carboxylic acids is 1. The number of carbonyl (C=O) groups is 1. The van der Waals surface area contributed by atoms with Gasteiger partial charge < -0.3 is 15.3 Å². The van der Waals surface area contributed by atoms with Crippen molar-refractivity contribution in [1.29, 1.82) is 0 Å². The summed E-state index contributed by atoms with van der Waals surface area (Å²) in [5.41, 5.74) is 3.72. The zero-order chi connectivity index (χ0) is 25.5. The largest absolute Gasteiger partial charge is 0.481 e. The number of nitrogens with zero attached hydrogens (tertiary/aromatic N) is 2. The number of alkyl halides is 3. The molecule has 2 aliphatic carbocycles. The van der Waals surface area contributed by atoms with Crippen molar-refractivity contribution in [2.24, 2.45) is 5.16 Å². The predicted octanol–water partition coefficient (Wildman–Crippen LogP) is 5.97. The van der Waals surface area contributed by atoms with Gasteiger partial charge in [-0.3, -0.25) is 9.78 Å². The van der Waals surface area contributed by atoms with Gasteiger partial charge in [-0.1, -0.05) is 42.6 Å². The summed E-state index contributed by atoms with van der Waals surface area (Å²) in [6.07, 6.45) is 4.44. The minimum Gasteiger partial charge on any atom is -0.481 e. The molecule has 1 aromatic carbocycles. The lowest BCUT2D eigenvalue weighted by atomic mass is 9.81. The molecule has 1 saturated carbocycles. The molecule has 0 radical (unpaired) electrons. The maximum absolute atomic E-state index is 13.8. The molecule has 6 nitrogen and oxygen atoms in total. The van der Waals surface area contributed by atoms with Crippen molar-refractivity contribution in [2.45, 2.75) is 83.0 Å². The number of rotatable bonds is 9. The Bertz CT molecular complexity index is 1100. The fraction of sp³-hybridized carbons (Fsp3) is 0.519. The van der Waals surface area contributed by atoms with Crippen molar-refractivity contribution in [3.63, 3.8) is 0 Å². The van der Waals surface area contributed by atoms with E-state index in [9.17, 15) is 18.0 Å². The molecule has 1 aromatic heterocycles. The Labute approximate surface area is 209 Å². The Morgan fingerprint density at radius 1 is 1.11 bits per heavy atom. The molecule has 1 fully saturated rings. The molecule has 0 aliphatic heterocycles. The normalized spacial score (nSPS) is 17.7. The van der Waals surface area contributed by atoms with Gasteiger partial charge in [0.2, 0.25) is 0 Å². The minimum absolute atomic E-state index is 0.0346. The van der Waals surface area contributed by atoms with Crippen LogP contribution in [0.2, 0.25) is 0 Å². The van der Waals surface area contributed by atoms with Gasteiger partial charge in [-0.05, 0) is 66.3 Å². The smallest absolute Gasteiger partial charge is 0.416 e. The van der Waals surface area contributed by atoms with E-state index in [1.807, 2.05) is 6.07 Å². The summed E-state index contributed by atoms with van der Waals surface area (Å²) >= 11 is 0. The van der Waals surface area contributed by atoms with Crippen LogP contribution >= 0.6 is 0 Å². The van der Waals surface area contributed by atoms with Gasteiger partial charge >= 0.3 is 12.1 Å². The molecule has 0 bridgehead atoms. The van der Waals surface area contributed by atoms with Crippen LogP contribution in [0.25, 0.3) is 0 Å². The molecular weight excluding hydrogens is 471 g/mol. The Hall–Kier alpha value is -2.94. The number of pyridine rings is 1. The van der Waals surface area contributed by atoms with Crippen molar-refractivity contribution in [3.05, 3.63) is 64.0 Å². The lowest BCUT2D eigenvalue weighted by molar-refractivity contribution is -0.139. The van der Waals surface area contributed by atoms with Crippen molar-refractivity contribution in [3.8, 4) is 0 Å². The van der Waals surface area contributed by atoms with Gasteiger partial charge in [0.1, 0.15) is 12.3 Å². The summed E-state index contributed by atoms with van der Waals surface area (Å²) in [5.74, 6) is -0.880. The van der Waals surface area contributed by atoms with Crippen LogP contribution in [0.4, 0.5) is 13.2 Å². The van der Waals surface area contributed by atoms with Gasteiger partial charge in [0, 0.05) is 19.3 Å². The van der Waals surface area contributed by atoms with Crippen LogP contribution < -0.4 is 5.32 Å². The van der Waals surface area contributed by atoms with Crippen LogP contribution in [-0.2, 0) is 35.4 Å². The lowest BCUT2D eigenvalue weighted by Crippen LogP contribution is -2.19. The first-order valence-electron chi connectivity index (χ1n) is 12.6. The van der Waals surface area contributed by atoms with E-state index in [0.717, 1.165) is 61.8 Å². The number of aromatic nitrogens is 1. The highest BCUT2D eigenvalue weighted by Crippen LogP contribution is 2.41. The number of aryl methyl sites for hydroxylation is 1. The van der Waals surface area contributed by atoms with Crippen molar-refractivity contribution >= 4 is 11.7 Å². The summed E-state index contributed by atoms with van der Waals surface area (Å²) in [4.78, 5) is 20.7. The number of halogens is 3. The molecule has 4 rings (SSSR count). The van der Waals surface area contributed by atoms with E-state index in [1.165, 1.54) is 6.07 Å². The number of hydrogen-bond donors (Lipinski definition) is 2. The highest BCUT2D eigenvalue weighted by molar-refractivity contribution is 6.00. The van der Waals surface area contributed by atoms with E-state index in [2.05, 4.69) is 15.5 Å². The molecule has 194 valence electrons. The summed E-state index contributed by atoms with van der Waals surface area (Å²) in [6.45, 7) is 0.859. The molecule has 2 N–H and O–H groups in total. The highest BCUT2D eigenvalue weighted by atomic mass is 19.4. The summed E-state index contributed by atoms with van der Waals surface area (Å²) < 4.78 is 41.5. The molecule has 2 aliphatic rings. The van der Waals surface area contributed by atoms with E-state index in [0.29, 0.717) is 36.3 Å². The zero-order valence-electron chi connectivity index (χ0n) is 20.2. The molecular formula is C27H32F3N3O3. The number of carboxylic acid groups (broad SMARTS) is 1. The van der Waals surface area contributed by atoms with Crippen molar-refractivity contribution < 1.29 is 27.9 Å². The number of nitrogens with one attached hydrogen (secondary N) is 1. The number of carboxylic acids is 1.